The van der Waals surface area contributed by atoms with Gasteiger partial charge in [-0.2, -0.15) is 41.6 Å². The van der Waals surface area contributed by atoms with Crippen molar-refractivity contribution in [3.8, 4) is 11.5 Å². The summed E-state index contributed by atoms with van der Waals surface area (Å²) in [6.07, 6.45) is -5.24. The third-order valence-corrected chi connectivity index (χ3v) is 5.65. The van der Waals surface area contributed by atoms with Crippen LogP contribution in [0.15, 0.2) is 54.0 Å². The van der Waals surface area contributed by atoms with Crippen molar-refractivity contribution in [3.63, 3.8) is 0 Å². The van der Waals surface area contributed by atoms with Crippen molar-refractivity contribution in [2.45, 2.75) is 12.4 Å². The minimum absolute atomic E-state index is 0.0525. The number of halogens is 6. The van der Waals surface area contributed by atoms with Crippen LogP contribution in [-0.2, 0) is 12.4 Å². The van der Waals surface area contributed by atoms with Crippen molar-refractivity contribution in [2.75, 3.05) is 5.32 Å². The van der Waals surface area contributed by atoms with Gasteiger partial charge in [-0.1, -0.05) is 0 Å². The summed E-state index contributed by atoms with van der Waals surface area (Å²) in [5, 5.41) is 12.9. The molecule has 0 fully saturated rings. The normalized spacial score (nSPS) is 12.6. The van der Waals surface area contributed by atoms with Gasteiger partial charge in [0.15, 0.2) is 17.2 Å². The van der Waals surface area contributed by atoms with E-state index in [2.05, 4.69) is 30.2 Å². The zero-order chi connectivity index (χ0) is 27.7. The minimum atomic E-state index is -5.13. The van der Waals surface area contributed by atoms with Gasteiger partial charge in [-0.15, -0.1) is 4.80 Å². The summed E-state index contributed by atoms with van der Waals surface area (Å²) < 4.78 is 85.3. The fraction of sp³-hybridized carbons (Fsp3) is 0.0952. The molecule has 1 amide bonds. The number of hydrogen-bond donors (Lipinski definition) is 2. The van der Waals surface area contributed by atoms with Gasteiger partial charge in [0.2, 0.25) is 0 Å². The van der Waals surface area contributed by atoms with Crippen molar-refractivity contribution in [2.24, 2.45) is 0 Å². The molecule has 0 aliphatic heterocycles. The van der Waals surface area contributed by atoms with Gasteiger partial charge in [0.05, 0.1) is 42.2 Å². The molecule has 0 bridgehead atoms. The number of aromatic amines is 1. The molecule has 0 spiro atoms. The van der Waals surface area contributed by atoms with Crippen LogP contribution in [0, 0.1) is 0 Å². The van der Waals surface area contributed by atoms with Crippen molar-refractivity contribution in [1.82, 2.24) is 44.1 Å². The maximum absolute atomic E-state index is 14.2. The van der Waals surface area contributed by atoms with Crippen molar-refractivity contribution in [3.05, 3.63) is 76.4 Å². The fourth-order valence-corrected chi connectivity index (χ4v) is 4.07. The first-order valence-corrected chi connectivity index (χ1v) is 10.7. The standard InChI is InChI=1S/C21H10F6N10O2/c22-20(23,24)11-5-9(6-28-16(11)37-30-3-4-31-37)33-18(38)10-7-32-36(15(10)21(25,26)27)12-1-2-14-34-19(39)13-8-29-17(12)35(13)14/h1-8H,(H,33,38)(H,34,39). The minimum Gasteiger partial charge on any atom is -0.320 e. The predicted octanol–water partition coefficient (Wildman–Crippen LogP) is 3.06. The third-order valence-electron chi connectivity index (χ3n) is 5.65. The third kappa shape index (κ3) is 3.83. The maximum atomic E-state index is 14.2. The second kappa shape index (κ2) is 8.10. The molecule has 12 nitrogen and oxygen atoms in total. The zero-order valence-electron chi connectivity index (χ0n) is 18.8. The molecule has 0 radical (unpaired) electrons. The number of amides is 1. The molecule has 2 N–H and O–H groups in total. The van der Waals surface area contributed by atoms with E-state index >= 15 is 0 Å². The van der Waals surface area contributed by atoms with Crippen molar-refractivity contribution < 1.29 is 31.1 Å². The molecule has 0 saturated heterocycles. The molecule has 6 rings (SSSR count). The Balaban J connectivity index is 1.42. The smallest absolute Gasteiger partial charge is 0.320 e. The van der Waals surface area contributed by atoms with Gasteiger partial charge in [-0.25, -0.2) is 14.6 Å². The van der Waals surface area contributed by atoms with E-state index in [9.17, 15) is 35.9 Å². The van der Waals surface area contributed by atoms with E-state index in [4.69, 9.17) is 0 Å². The molecule has 18 heteroatoms. The molecule has 0 aliphatic carbocycles. The fourth-order valence-electron chi connectivity index (χ4n) is 4.07. The molecule has 0 atom stereocenters. The van der Waals surface area contributed by atoms with E-state index in [1.54, 1.807) is 0 Å². The molecule has 0 aromatic carbocycles. The van der Waals surface area contributed by atoms with Gasteiger partial charge in [0.25, 0.3) is 11.5 Å². The van der Waals surface area contributed by atoms with Gasteiger partial charge >= 0.3 is 12.4 Å². The summed E-state index contributed by atoms with van der Waals surface area (Å²) in [6, 6.07) is 3.05. The molecule has 6 heterocycles. The predicted molar refractivity (Wildman–Crippen MR) is 119 cm³/mol. The average molecular weight is 548 g/mol. The van der Waals surface area contributed by atoms with Crippen LogP contribution in [-0.4, -0.2) is 50.0 Å². The van der Waals surface area contributed by atoms with Crippen LogP contribution in [0.5, 0.6) is 0 Å². The Kier molecular flexibility index (Phi) is 5.00. The number of carbonyl (C=O) groups is 1. The first kappa shape index (κ1) is 24.1. The summed E-state index contributed by atoms with van der Waals surface area (Å²) in [5.41, 5.74) is -4.78. The van der Waals surface area contributed by atoms with Crippen LogP contribution in [0.1, 0.15) is 21.6 Å². The van der Waals surface area contributed by atoms with Gasteiger partial charge in [-0.05, 0) is 18.2 Å². The molecular weight excluding hydrogens is 538 g/mol. The van der Waals surface area contributed by atoms with Crippen molar-refractivity contribution >= 4 is 28.4 Å². The molecule has 0 unspecified atom stereocenters. The Bertz CT molecular complexity index is 1920. The Labute approximate surface area is 209 Å². The van der Waals surface area contributed by atoms with E-state index in [1.165, 1.54) is 22.7 Å². The molecule has 39 heavy (non-hydrogen) atoms. The first-order chi connectivity index (χ1) is 18.4. The topological polar surface area (TPSA) is 141 Å². The summed E-state index contributed by atoms with van der Waals surface area (Å²) in [5.74, 6) is -2.10. The number of nitrogens with one attached hydrogen (secondary N) is 2. The number of aromatic nitrogens is 9. The number of H-pyrrole nitrogens is 1. The van der Waals surface area contributed by atoms with Crippen LogP contribution in [0.4, 0.5) is 32.0 Å². The lowest BCUT2D eigenvalue weighted by Crippen LogP contribution is -2.21. The van der Waals surface area contributed by atoms with Gasteiger partial charge in [0, 0.05) is 0 Å². The molecular formula is C21H10F6N10O2. The molecule has 0 saturated carbocycles. The highest BCUT2D eigenvalue weighted by Gasteiger charge is 2.41. The first-order valence-electron chi connectivity index (χ1n) is 10.7. The molecule has 0 aliphatic rings. The number of carbonyl (C=O) groups excluding carboxylic acids is 1. The highest BCUT2D eigenvalue weighted by atomic mass is 19.4. The molecule has 6 aromatic rings. The van der Waals surface area contributed by atoms with E-state index in [0.717, 1.165) is 18.6 Å². The number of rotatable bonds is 4. The Hall–Kier alpha value is -5.29. The Morgan fingerprint density at radius 3 is 2.36 bits per heavy atom. The summed E-state index contributed by atoms with van der Waals surface area (Å²) >= 11 is 0. The van der Waals surface area contributed by atoms with Crippen molar-refractivity contribution in [1.29, 1.82) is 0 Å². The largest absolute Gasteiger partial charge is 0.434 e. The van der Waals surface area contributed by atoms with Gasteiger partial charge in [0.1, 0.15) is 22.4 Å². The van der Waals surface area contributed by atoms with E-state index in [1.807, 2.05) is 5.32 Å². The number of anilines is 1. The lowest BCUT2D eigenvalue weighted by Gasteiger charge is -2.15. The average Bonchev–Trinajstić information content (AvgIpc) is 3.66. The summed E-state index contributed by atoms with van der Waals surface area (Å²) in [4.78, 5) is 35.7. The van der Waals surface area contributed by atoms with Crippen LogP contribution < -0.4 is 10.9 Å². The number of pyridine rings is 2. The Morgan fingerprint density at radius 1 is 0.923 bits per heavy atom. The SMILES string of the molecule is O=C(Nc1cnc(-n2nccn2)c(C(F)(F)F)c1)c1cnn(-c2ccc3[nH]c(=O)c4cnc2n34)c1C(F)(F)F. The lowest BCUT2D eigenvalue weighted by molar-refractivity contribution is -0.143. The number of alkyl halides is 6. The highest BCUT2D eigenvalue weighted by Crippen LogP contribution is 2.36. The highest BCUT2D eigenvalue weighted by molar-refractivity contribution is 6.05. The van der Waals surface area contributed by atoms with Crippen LogP contribution in [0.25, 0.3) is 28.3 Å². The number of imidazole rings is 2. The lowest BCUT2D eigenvalue weighted by atomic mass is 10.2. The van der Waals surface area contributed by atoms with E-state index in [0.29, 0.717) is 21.7 Å². The van der Waals surface area contributed by atoms with Crippen LogP contribution in [0.2, 0.25) is 0 Å². The Morgan fingerprint density at radius 2 is 1.67 bits per heavy atom. The van der Waals surface area contributed by atoms with Crippen LogP contribution in [0.3, 0.4) is 0 Å². The quantitative estimate of drug-likeness (QED) is 0.323. The second-order valence-electron chi connectivity index (χ2n) is 8.04. The number of hydrogen-bond acceptors (Lipinski definition) is 7. The summed E-state index contributed by atoms with van der Waals surface area (Å²) in [6.45, 7) is 0. The molecule has 198 valence electrons. The van der Waals surface area contributed by atoms with Gasteiger partial charge in [-0.3, -0.25) is 14.0 Å². The zero-order valence-corrected chi connectivity index (χ0v) is 18.8. The maximum Gasteiger partial charge on any atom is 0.434 e. The number of nitrogens with zero attached hydrogens (tertiary/aromatic N) is 8. The summed E-state index contributed by atoms with van der Waals surface area (Å²) in [7, 11) is 0. The van der Waals surface area contributed by atoms with Gasteiger partial charge < -0.3 is 10.3 Å². The monoisotopic (exact) mass is 548 g/mol. The van der Waals surface area contributed by atoms with E-state index in [-0.39, 0.29) is 22.5 Å². The van der Waals surface area contributed by atoms with Crippen LogP contribution >= 0.6 is 0 Å². The molecule has 6 aromatic heterocycles. The van der Waals surface area contributed by atoms with E-state index < -0.39 is 52.1 Å². The second-order valence-corrected chi connectivity index (χ2v) is 8.04.